The molecule has 0 spiro atoms. The summed E-state index contributed by atoms with van der Waals surface area (Å²) in [5.41, 5.74) is 1.70. The molecule has 0 amide bonds. The summed E-state index contributed by atoms with van der Waals surface area (Å²) in [6, 6.07) is 11.4. The van der Waals surface area contributed by atoms with E-state index in [0.717, 1.165) is 5.56 Å². The van der Waals surface area contributed by atoms with Gasteiger partial charge in [0.1, 0.15) is 11.5 Å². The van der Waals surface area contributed by atoms with Crippen LogP contribution in [0.2, 0.25) is 10.0 Å². The molecule has 0 unspecified atom stereocenters. The molecular weight excluding hydrogens is 655 g/mol. The van der Waals surface area contributed by atoms with Crippen molar-refractivity contribution in [3.05, 3.63) is 99.3 Å². The Hall–Kier alpha value is -3.31. The van der Waals surface area contributed by atoms with E-state index in [4.69, 9.17) is 41.8 Å². The maximum atomic E-state index is 13.9. The van der Waals surface area contributed by atoms with Gasteiger partial charge in [0.05, 0.1) is 52.7 Å². The Morgan fingerprint density at radius 1 is 1.12 bits per heavy atom. The number of methoxy groups -OCH3 is 2. The third kappa shape index (κ3) is 5.49. The molecule has 3 heterocycles. The summed E-state index contributed by atoms with van der Waals surface area (Å²) in [4.78, 5) is 32.2. The Balaban J connectivity index is 1.68. The zero-order valence-corrected chi connectivity index (χ0v) is 26.2. The largest absolute Gasteiger partial charge is 0.493 e. The number of nitrogens with zero attached hydrogens (tertiary/aromatic N) is 2. The Kier molecular flexibility index (Phi) is 8.47. The number of benzene rings is 2. The lowest BCUT2D eigenvalue weighted by Crippen LogP contribution is -2.40. The number of aromatic nitrogens is 1. The summed E-state index contributed by atoms with van der Waals surface area (Å²) < 4.78 is 24.8. The molecular formula is C29H23BrCl2N2O6S. The first-order chi connectivity index (χ1) is 19.7. The second-order valence-corrected chi connectivity index (χ2v) is 11.5. The number of fused-ring (bicyclic) bond motifs is 1. The van der Waals surface area contributed by atoms with Crippen molar-refractivity contribution >= 4 is 62.5 Å². The van der Waals surface area contributed by atoms with Crippen LogP contribution in [0.4, 0.5) is 0 Å². The average Bonchev–Trinajstić information content (AvgIpc) is 3.53. The number of carbonyl (C=O) groups is 1. The topological polar surface area (TPSA) is 92.3 Å². The molecule has 0 N–H and O–H groups in total. The number of rotatable bonds is 7. The molecule has 41 heavy (non-hydrogen) atoms. The van der Waals surface area contributed by atoms with Crippen molar-refractivity contribution in [2.75, 3.05) is 20.8 Å². The number of hydrogen-bond acceptors (Lipinski definition) is 8. The number of allylic oxidation sites excluding steroid dienone is 1. The monoisotopic (exact) mass is 676 g/mol. The van der Waals surface area contributed by atoms with Gasteiger partial charge in [-0.3, -0.25) is 9.36 Å². The van der Waals surface area contributed by atoms with Crippen LogP contribution in [0.5, 0.6) is 11.5 Å². The lowest BCUT2D eigenvalue weighted by molar-refractivity contribution is -0.139. The minimum Gasteiger partial charge on any atom is -0.493 e. The van der Waals surface area contributed by atoms with Gasteiger partial charge in [-0.05, 0) is 61.9 Å². The van der Waals surface area contributed by atoms with Crippen molar-refractivity contribution in [1.82, 2.24) is 4.57 Å². The van der Waals surface area contributed by atoms with Crippen molar-refractivity contribution in [2.45, 2.75) is 19.9 Å². The first kappa shape index (κ1) is 29.2. The molecule has 5 rings (SSSR count). The zero-order chi connectivity index (χ0) is 29.4. The fourth-order valence-electron chi connectivity index (χ4n) is 4.53. The van der Waals surface area contributed by atoms with E-state index in [1.165, 1.54) is 30.1 Å². The first-order valence-electron chi connectivity index (χ1n) is 12.3. The van der Waals surface area contributed by atoms with E-state index in [0.29, 0.717) is 58.1 Å². The van der Waals surface area contributed by atoms with Gasteiger partial charge in [-0.1, -0.05) is 50.5 Å². The number of furan rings is 1. The number of ether oxygens (including phenoxy) is 3. The maximum absolute atomic E-state index is 13.9. The van der Waals surface area contributed by atoms with Gasteiger partial charge in [-0.25, -0.2) is 9.79 Å². The number of hydrogen-bond donors (Lipinski definition) is 0. The number of thiazole rings is 1. The van der Waals surface area contributed by atoms with E-state index in [2.05, 4.69) is 20.9 Å². The van der Waals surface area contributed by atoms with E-state index in [9.17, 15) is 9.59 Å². The molecule has 2 aromatic carbocycles. The average molecular weight is 678 g/mol. The van der Waals surface area contributed by atoms with E-state index in [-0.39, 0.29) is 17.7 Å². The summed E-state index contributed by atoms with van der Waals surface area (Å²) in [7, 11) is 3.05. The van der Waals surface area contributed by atoms with Crippen molar-refractivity contribution < 1.29 is 23.4 Å². The van der Waals surface area contributed by atoms with Crippen LogP contribution in [0.1, 0.15) is 31.2 Å². The Bertz CT molecular complexity index is 1890. The van der Waals surface area contributed by atoms with Crippen LogP contribution in [0.15, 0.2) is 72.4 Å². The van der Waals surface area contributed by atoms with Gasteiger partial charge in [0.25, 0.3) is 5.56 Å². The van der Waals surface area contributed by atoms with Crippen molar-refractivity contribution in [3.8, 4) is 22.8 Å². The fourth-order valence-corrected chi connectivity index (χ4v) is 6.39. The highest BCUT2D eigenvalue weighted by atomic mass is 79.9. The quantitative estimate of drug-likeness (QED) is 0.218. The van der Waals surface area contributed by atoms with Crippen LogP contribution in [-0.4, -0.2) is 31.4 Å². The van der Waals surface area contributed by atoms with Crippen molar-refractivity contribution in [2.24, 2.45) is 4.99 Å². The molecule has 0 bridgehead atoms. The lowest BCUT2D eigenvalue weighted by atomic mass is 9.95. The highest BCUT2D eigenvalue weighted by Gasteiger charge is 2.35. The van der Waals surface area contributed by atoms with Crippen LogP contribution in [0.3, 0.4) is 0 Å². The highest BCUT2D eigenvalue weighted by molar-refractivity contribution is 9.10. The molecule has 0 saturated carbocycles. The third-order valence-electron chi connectivity index (χ3n) is 6.42. The van der Waals surface area contributed by atoms with Gasteiger partial charge >= 0.3 is 5.97 Å². The summed E-state index contributed by atoms with van der Waals surface area (Å²) in [5, 5.41) is 0.848. The van der Waals surface area contributed by atoms with Gasteiger partial charge < -0.3 is 18.6 Å². The molecule has 1 aliphatic rings. The summed E-state index contributed by atoms with van der Waals surface area (Å²) >= 11 is 17.0. The molecule has 0 aliphatic carbocycles. The van der Waals surface area contributed by atoms with E-state index in [1.807, 2.05) is 0 Å². The SMILES string of the molecule is CCOC(=O)C1=C(C)N=c2s/c(=C\c3ccc(-c4ccc(Cl)c(Cl)c4)o3)c(=O)n2[C@@H]1c1cc(OC)c(OC)cc1Br. The van der Waals surface area contributed by atoms with Crippen molar-refractivity contribution in [1.29, 1.82) is 0 Å². The van der Waals surface area contributed by atoms with Gasteiger partial charge in [0.15, 0.2) is 16.3 Å². The number of esters is 1. The normalized spacial score (nSPS) is 15.0. The summed E-state index contributed by atoms with van der Waals surface area (Å²) in [5.74, 6) is 1.39. The molecule has 0 fully saturated rings. The highest BCUT2D eigenvalue weighted by Crippen LogP contribution is 2.41. The van der Waals surface area contributed by atoms with Crippen molar-refractivity contribution in [3.63, 3.8) is 0 Å². The van der Waals surface area contributed by atoms with Gasteiger partial charge in [0, 0.05) is 16.1 Å². The predicted octanol–water partition coefficient (Wildman–Crippen LogP) is 6.14. The zero-order valence-electron chi connectivity index (χ0n) is 22.3. The minimum absolute atomic E-state index is 0.166. The molecule has 1 aliphatic heterocycles. The molecule has 0 saturated heterocycles. The second kappa shape index (κ2) is 11.9. The minimum atomic E-state index is -0.843. The molecule has 2 aromatic heterocycles. The van der Waals surface area contributed by atoms with E-state index < -0.39 is 12.0 Å². The van der Waals surface area contributed by atoms with E-state index >= 15 is 0 Å². The maximum Gasteiger partial charge on any atom is 0.338 e. The van der Waals surface area contributed by atoms with Crippen LogP contribution < -0.4 is 24.4 Å². The number of halogens is 3. The second-order valence-electron chi connectivity index (χ2n) is 8.86. The van der Waals surface area contributed by atoms with Crippen LogP contribution in [0.25, 0.3) is 17.4 Å². The third-order valence-corrected chi connectivity index (χ3v) is 8.83. The Morgan fingerprint density at radius 3 is 2.54 bits per heavy atom. The molecule has 8 nitrogen and oxygen atoms in total. The molecule has 0 radical (unpaired) electrons. The Labute approximate surface area is 257 Å². The van der Waals surface area contributed by atoms with Gasteiger partial charge in [0.2, 0.25) is 0 Å². The summed E-state index contributed by atoms with van der Waals surface area (Å²) in [6.07, 6.45) is 1.65. The fraction of sp³-hybridized carbons (Fsp3) is 0.207. The molecule has 4 aromatic rings. The van der Waals surface area contributed by atoms with E-state index in [1.54, 1.807) is 62.4 Å². The smallest absolute Gasteiger partial charge is 0.338 e. The predicted molar refractivity (Wildman–Crippen MR) is 162 cm³/mol. The molecule has 12 heteroatoms. The lowest BCUT2D eigenvalue weighted by Gasteiger charge is -2.26. The summed E-state index contributed by atoms with van der Waals surface area (Å²) in [6.45, 7) is 3.61. The molecule has 1 atom stereocenters. The van der Waals surface area contributed by atoms with Crippen LogP contribution in [0, 0.1) is 0 Å². The van der Waals surface area contributed by atoms with Gasteiger partial charge in [-0.2, -0.15) is 0 Å². The number of carbonyl (C=O) groups excluding carboxylic acids is 1. The standard InChI is InChI=1S/C29H23BrCl2N2O6S/c1-5-39-28(36)25-14(2)33-29-34(26(25)17-12-22(37-3)23(38-4)13-18(17)30)27(35)24(41-29)11-16-7-9-21(40-16)15-6-8-19(31)20(32)10-15/h6-13,26H,5H2,1-4H3/b24-11-/t26-/m1/s1. The first-order valence-corrected chi connectivity index (χ1v) is 14.7. The molecule has 212 valence electrons. The van der Waals surface area contributed by atoms with Gasteiger partial charge in [-0.15, -0.1) is 0 Å². The van der Waals surface area contributed by atoms with Crippen LogP contribution in [-0.2, 0) is 9.53 Å². The van der Waals surface area contributed by atoms with Crippen LogP contribution >= 0.6 is 50.5 Å². The Morgan fingerprint density at radius 2 is 1.85 bits per heavy atom.